The Morgan fingerprint density at radius 2 is 1.53 bits per heavy atom. The molecule has 2 N–H and O–H groups in total. The number of allylic oxidation sites excluding steroid dienone is 9. The molecular formula is C52H91N4O3+. The predicted octanol–water partition coefficient (Wildman–Crippen LogP) is 12.6. The molecule has 59 heavy (non-hydrogen) atoms. The Morgan fingerprint density at radius 1 is 0.881 bits per heavy atom. The number of esters is 1. The number of carbonyl (C=O) groups is 1. The number of aliphatic hydroxyl groups excluding tert-OH is 1. The highest BCUT2D eigenvalue weighted by molar-refractivity contribution is 5.74. The molecule has 0 bridgehead atoms. The molecule has 336 valence electrons. The van der Waals surface area contributed by atoms with Crippen LogP contribution in [0.2, 0.25) is 0 Å². The number of aliphatic imine (C=N–C) groups is 1. The van der Waals surface area contributed by atoms with E-state index in [4.69, 9.17) is 4.74 Å². The molecule has 1 heterocycles. The molecule has 2 rings (SSSR count). The molecule has 0 saturated heterocycles. The number of aliphatic hydroxyl groups is 1. The number of nitrogens with zero attached hydrogens (tertiary/aromatic N) is 3. The van der Waals surface area contributed by atoms with Crippen LogP contribution in [0.15, 0.2) is 63.7 Å². The fraction of sp³-hybridized carbons (Fsp3) is 0.750. The lowest BCUT2D eigenvalue weighted by atomic mass is 9.72. The molecule has 7 heteroatoms. The zero-order valence-corrected chi connectivity index (χ0v) is 39.2. The van der Waals surface area contributed by atoms with Gasteiger partial charge in [0, 0.05) is 13.0 Å². The summed E-state index contributed by atoms with van der Waals surface area (Å²) in [7, 11) is 0. The van der Waals surface area contributed by atoms with Crippen LogP contribution in [0.4, 0.5) is 0 Å². The Bertz CT molecular complexity index is 1340. The molecular weight excluding hydrogens is 729 g/mol. The summed E-state index contributed by atoms with van der Waals surface area (Å²) in [5.41, 5.74) is 5.57. The third-order valence-corrected chi connectivity index (χ3v) is 12.2. The average Bonchev–Trinajstić information content (AvgIpc) is 3.73. The van der Waals surface area contributed by atoms with E-state index in [1.54, 1.807) is 0 Å². The van der Waals surface area contributed by atoms with E-state index in [9.17, 15) is 9.90 Å². The van der Waals surface area contributed by atoms with E-state index in [0.29, 0.717) is 13.0 Å². The highest BCUT2D eigenvalue weighted by atomic mass is 16.5. The van der Waals surface area contributed by atoms with Crippen LogP contribution in [0.5, 0.6) is 0 Å². The smallest absolute Gasteiger partial charge is 0.306 e. The monoisotopic (exact) mass is 820 g/mol. The van der Waals surface area contributed by atoms with Gasteiger partial charge in [0.05, 0.1) is 6.54 Å². The van der Waals surface area contributed by atoms with E-state index in [0.717, 1.165) is 89.8 Å². The largest absolute Gasteiger partial charge is 0.461 e. The van der Waals surface area contributed by atoms with Gasteiger partial charge in [-0.2, -0.15) is 0 Å². The van der Waals surface area contributed by atoms with Gasteiger partial charge in [-0.05, 0) is 115 Å². The summed E-state index contributed by atoms with van der Waals surface area (Å²) in [6.45, 7) is 19.6. The molecule has 1 aliphatic heterocycles. The number of hydrogen-bond acceptors (Lipinski definition) is 6. The maximum atomic E-state index is 12.4. The van der Waals surface area contributed by atoms with Gasteiger partial charge >= 0.3 is 5.97 Å². The minimum atomic E-state index is -0.385. The first-order valence-electron chi connectivity index (χ1n) is 24.4. The van der Waals surface area contributed by atoms with Crippen molar-refractivity contribution in [1.29, 1.82) is 0 Å². The Hall–Kier alpha value is -2.61. The molecule has 0 aromatic rings. The summed E-state index contributed by atoms with van der Waals surface area (Å²) in [4.78, 5) is 19.2. The molecule has 1 aliphatic carbocycles. The Morgan fingerprint density at radius 3 is 2.17 bits per heavy atom. The maximum Gasteiger partial charge on any atom is 0.306 e. The van der Waals surface area contributed by atoms with Crippen LogP contribution in [0.25, 0.3) is 0 Å². The second-order valence-corrected chi connectivity index (χ2v) is 18.3. The van der Waals surface area contributed by atoms with Crippen LogP contribution >= 0.6 is 0 Å². The van der Waals surface area contributed by atoms with Crippen molar-refractivity contribution in [2.45, 2.75) is 202 Å². The van der Waals surface area contributed by atoms with Crippen molar-refractivity contribution in [3.8, 4) is 0 Å². The molecule has 0 aromatic heterocycles. The normalized spacial score (nSPS) is 16.6. The lowest BCUT2D eigenvalue weighted by molar-refractivity contribution is -0.505. The van der Waals surface area contributed by atoms with Crippen molar-refractivity contribution >= 4 is 18.5 Å². The highest BCUT2D eigenvalue weighted by Gasteiger charge is 2.26. The first kappa shape index (κ1) is 52.5. The van der Waals surface area contributed by atoms with Crippen LogP contribution < -0.4 is 5.32 Å². The summed E-state index contributed by atoms with van der Waals surface area (Å²) in [6.07, 6.45) is 45.5. The topological polar surface area (TPSA) is 77.2 Å². The molecule has 0 spiro atoms. The number of hydrogen-bond donors (Lipinski definition) is 2. The third-order valence-electron chi connectivity index (χ3n) is 12.2. The molecule has 1 unspecified atom stereocenters. The quantitative estimate of drug-likeness (QED) is 0.0216. The van der Waals surface area contributed by atoms with Gasteiger partial charge in [-0.3, -0.25) is 19.6 Å². The molecule has 0 fully saturated rings. The van der Waals surface area contributed by atoms with Gasteiger partial charge in [-0.25, -0.2) is 0 Å². The van der Waals surface area contributed by atoms with E-state index >= 15 is 0 Å². The fourth-order valence-electron chi connectivity index (χ4n) is 8.28. The zero-order valence-electron chi connectivity index (χ0n) is 39.2. The predicted molar refractivity (Wildman–Crippen MR) is 255 cm³/mol. The molecule has 7 nitrogen and oxygen atoms in total. The Kier molecular flexibility index (Phi) is 30.3. The lowest BCUT2D eigenvalue weighted by Crippen LogP contribution is -2.34. The number of carbonyl (C=O) groups excluding carboxylic acids is 1. The molecule has 0 amide bonds. The second kappa shape index (κ2) is 34.0. The van der Waals surface area contributed by atoms with Crippen molar-refractivity contribution in [3.05, 3.63) is 58.7 Å². The van der Waals surface area contributed by atoms with E-state index in [2.05, 4.69) is 84.8 Å². The van der Waals surface area contributed by atoms with E-state index in [1.807, 2.05) is 25.6 Å². The summed E-state index contributed by atoms with van der Waals surface area (Å²) >= 11 is 0. The third kappa shape index (κ3) is 27.8. The van der Waals surface area contributed by atoms with Crippen molar-refractivity contribution < 1.29 is 19.2 Å². The molecule has 2 aliphatic rings. The van der Waals surface area contributed by atoms with Crippen molar-refractivity contribution in [3.63, 3.8) is 0 Å². The highest BCUT2D eigenvalue weighted by Crippen LogP contribution is 2.40. The molecule has 0 saturated carbocycles. The SMILES string of the molecule is CCCCCCCCCCCCCCCCC(O)NCCCCN(CCCCCC(=O)OC/C=C(C)/C=C/C=C(C)/C=C/C1=C(C)CCCC1(C)C)CC[N+]1=CN=CC1. The van der Waals surface area contributed by atoms with E-state index in [-0.39, 0.29) is 17.6 Å². The van der Waals surface area contributed by atoms with Crippen LogP contribution in [0.3, 0.4) is 0 Å². The summed E-state index contributed by atoms with van der Waals surface area (Å²) in [5, 5.41) is 13.8. The minimum absolute atomic E-state index is 0.116. The van der Waals surface area contributed by atoms with E-state index in [1.165, 1.54) is 119 Å². The number of nitrogens with one attached hydrogen (secondary N) is 1. The second-order valence-electron chi connectivity index (χ2n) is 18.3. The van der Waals surface area contributed by atoms with Crippen LogP contribution in [-0.2, 0) is 9.53 Å². The van der Waals surface area contributed by atoms with Crippen LogP contribution in [0.1, 0.15) is 196 Å². The van der Waals surface area contributed by atoms with Gasteiger partial charge in [-0.15, -0.1) is 0 Å². The maximum absolute atomic E-state index is 12.4. The first-order valence-corrected chi connectivity index (χ1v) is 24.4. The van der Waals surface area contributed by atoms with Crippen molar-refractivity contribution in [2.24, 2.45) is 10.4 Å². The standard InChI is InChI=1S/C52H91N4O3/c1-7-8-9-10-11-12-13-14-15-16-17-18-19-21-31-50(57)54-37-23-25-40-55(42-43-56-41-38-53-45-56)39-24-20-22-32-51(58)59-44-35-47(3)29-26-28-46(2)33-34-49-48(4)30-27-36-52(49,5)6/h26,28-29,33-35,38,45,50,54,57H,7-25,27,30-32,36-37,39-44H2,1-6H3/q+1/b29-26+,34-33+,46-28+,47-35+. The molecule has 1 atom stereocenters. The number of rotatable bonds is 36. The first-order chi connectivity index (χ1) is 28.6. The van der Waals surface area contributed by atoms with Crippen LogP contribution in [0, 0.1) is 5.41 Å². The number of unbranched alkanes of at least 4 members (excludes halogenated alkanes) is 16. The van der Waals surface area contributed by atoms with Crippen molar-refractivity contribution in [1.82, 2.24) is 10.2 Å². The Balaban J connectivity index is 1.54. The van der Waals surface area contributed by atoms with Gasteiger partial charge in [0.15, 0.2) is 6.21 Å². The molecule has 0 aromatic carbocycles. The van der Waals surface area contributed by atoms with E-state index < -0.39 is 0 Å². The van der Waals surface area contributed by atoms with Gasteiger partial charge in [-0.1, -0.05) is 163 Å². The summed E-state index contributed by atoms with van der Waals surface area (Å²) in [6, 6.07) is 0. The van der Waals surface area contributed by atoms with Gasteiger partial charge in [0.2, 0.25) is 0 Å². The van der Waals surface area contributed by atoms with Crippen LogP contribution in [-0.4, -0.2) is 85.2 Å². The summed E-state index contributed by atoms with van der Waals surface area (Å²) in [5.74, 6) is -0.116. The fourth-order valence-corrected chi connectivity index (χ4v) is 8.28. The van der Waals surface area contributed by atoms with Gasteiger partial charge < -0.3 is 9.84 Å². The summed E-state index contributed by atoms with van der Waals surface area (Å²) < 4.78 is 7.78. The minimum Gasteiger partial charge on any atom is -0.461 e. The van der Waals surface area contributed by atoms with Gasteiger partial charge in [0.1, 0.15) is 19.4 Å². The average molecular weight is 820 g/mol. The van der Waals surface area contributed by atoms with Crippen molar-refractivity contribution in [2.75, 3.05) is 45.9 Å². The lowest BCUT2D eigenvalue weighted by Gasteiger charge is -2.32. The Labute approximate surface area is 363 Å². The zero-order chi connectivity index (χ0) is 42.8. The molecule has 0 radical (unpaired) electrons. The van der Waals surface area contributed by atoms with Gasteiger partial charge in [0.25, 0.3) is 6.34 Å². The number of ether oxygens (including phenoxy) is 1.